The van der Waals surface area contributed by atoms with Crippen LogP contribution in [0.2, 0.25) is 0 Å². The molecule has 3 saturated heterocycles. The molecule has 2 bridgehead atoms. The molecule has 1 amide bonds. The van der Waals surface area contributed by atoms with Crippen LogP contribution in [0.5, 0.6) is 0 Å². The molecule has 1 aliphatic carbocycles. The molecule has 6 aliphatic rings. The molecule has 7 nitrogen and oxygen atoms in total. The van der Waals surface area contributed by atoms with Gasteiger partial charge in [0.25, 0.3) is 0 Å². The van der Waals surface area contributed by atoms with E-state index in [1.165, 1.54) is 11.1 Å². The predicted octanol–water partition coefficient (Wildman–Crippen LogP) is 1.51. The van der Waals surface area contributed by atoms with Gasteiger partial charge in [0.2, 0.25) is 5.91 Å². The second kappa shape index (κ2) is 5.71. The van der Waals surface area contributed by atoms with E-state index in [2.05, 4.69) is 51.5 Å². The highest BCUT2D eigenvalue weighted by atomic mass is 16.6. The normalized spacial score (nSPS) is 45.3. The average Bonchev–Trinajstić information content (AvgIpc) is 3.51. The summed E-state index contributed by atoms with van der Waals surface area (Å²) < 4.78 is 6.77. The Balaban J connectivity index is 1.46. The summed E-state index contributed by atoms with van der Waals surface area (Å²) >= 11 is 0. The van der Waals surface area contributed by atoms with Gasteiger partial charge in [-0.05, 0) is 36.1 Å². The standard InChI is InChI=1S/C26H27N3O4/c1-25-26(32,12-30)10-18(33-25)28-16-8-4-2-6-13(16)20-21-15(11-27-24(21)31)19-14-7-3-5-9-17(14)29(25)23(19)22(20)28/h2-9,15,18-23,30,32H,10-12H2,1H3,(H,27,31). The number of benzene rings is 2. The fourth-order valence-corrected chi connectivity index (χ4v) is 8.49. The Hall–Kier alpha value is -2.61. The molecule has 7 heteroatoms. The van der Waals surface area contributed by atoms with Crippen LogP contribution < -0.4 is 15.1 Å². The van der Waals surface area contributed by atoms with Crippen molar-refractivity contribution in [3.05, 3.63) is 59.7 Å². The maximum atomic E-state index is 13.3. The first-order chi connectivity index (χ1) is 16.0. The summed E-state index contributed by atoms with van der Waals surface area (Å²) in [6.45, 7) is 2.24. The van der Waals surface area contributed by atoms with Gasteiger partial charge in [0.15, 0.2) is 5.72 Å². The first-order valence-electron chi connectivity index (χ1n) is 12.0. The molecule has 8 rings (SSSR count). The summed E-state index contributed by atoms with van der Waals surface area (Å²) in [6, 6.07) is 16.9. The number of aliphatic hydroxyl groups is 2. The van der Waals surface area contributed by atoms with Crippen molar-refractivity contribution in [2.24, 2.45) is 11.8 Å². The average molecular weight is 446 g/mol. The van der Waals surface area contributed by atoms with E-state index in [1.54, 1.807) is 0 Å². The zero-order chi connectivity index (χ0) is 22.3. The van der Waals surface area contributed by atoms with E-state index in [4.69, 9.17) is 4.74 Å². The third kappa shape index (κ3) is 1.88. The first-order valence-corrected chi connectivity index (χ1v) is 12.0. The van der Waals surface area contributed by atoms with E-state index in [9.17, 15) is 15.0 Å². The number of carbonyl (C=O) groups excluding carboxylic acids is 1. The number of carbonyl (C=O) groups is 1. The summed E-state index contributed by atoms with van der Waals surface area (Å²) in [5.74, 6) is 0.456. The van der Waals surface area contributed by atoms with Crippen LogP contribution in [0.4, 0.5) is 11.4 Å². The number of nitrogens with one attached hydrogen (secondary N) is 1. The van der Waals surface area contributed by atoms with Crippen LogP contribution in [0.3, 0.4) is 0 Å². The minimum absolute atomic E-state index is 0.0297. The van der Waals surface area contributed by atoms with E-state index >= 15 is 0 Å². The number of aliphatic hydroxyl groups excluding tert-OH is 1. The first kappa shape index (κ1) is 18.8. The van der Waals surface area contributed by atoms with Crippen LogP contribution in [-0.2, 0) is 9.53 Å². The topological polar surface area (TPSA) is 85.3 Å². The van der Waals surface area contributed by atoms with Gasteiger partial charge < -0.3 is 30.1 Å². The Kier molecular flexibility index (Phi) is 3.25. The van der Waals surface area contributed by atoms with E-state index in [0.29, 0.717) is 13.0 Å². The fourth-order valence-electron chi connectivity index (χ4n) is 8.49. The van der Waals surface area contributed by atoms with Crippen LogP contribution in [0.1, 0.15) is 36.3 Å². The van der Waals surface area contributed by atoms with E-state index in [-0.39, 0.29) is 54.5 Å². The second-order valence-electron chi connectivity index (χ2n) is 10.8. The van der Waals surface area contributed by atoms with E-state index in [0.717, 1.165) is 11.4 Å². The quantitative estimate of drug-likeness (QED) is 0.617. The Labute approximate surface area is 191 Å². The number of nitrogens with zero attached hydrogens (tertiary/aromatic N) is 2. The lowest BCUT2D eigenvalue weighted by Gasteiger charge is -2.53. The van der Waals surface area contributed by atoms with Crippen molar-refractivity contribution in [2.45, 2.75) is 54.8 Å². The lowest BCUT2D eigenvalue weighted by Crippen LogP contribution is -2.69. The molecular formula is C26H27N3O4. The number of amides is 1. The maximum Gasteiger partial charge on any atom is 0.224 e. The molecule has 9 atom stereocenters. The van der Waals surface area contributed by atoms with Crippen molar-refractivity contribution in [2.75, 3.05) is 23.0 Å². The van der Waals surface area contributed by atoms with Crippen molar-refractivity contribution in [1.82, 2.24) is 5.32 Å². The Morgan fingerprint density at radius 1 is 1.03 bits per heavy atom. The van der Waals surface area contributed by atoms with Gasteiger partial charge in [0, 0.05) is 36.2 Å². The molecule has 5 aliphatic heterocycles. The second-order valence-corrected chi connectivity index (χ2v) is 10.8. The molecule has 9 unspecified atom stereocenters. The van der Waals surface area contributed by atoms with Gasteiger partial charge in [-0.15, -0.1) is 0 Å². The van der Waals surface area contributed by atoms with Crippen molar-refractivity contribution in [1.29, 1.82) is 0 Å². The Morgan fingerprint density at radius 2 is 1.73 bits per heavy atom. The third-order valence-corrected chi connectivity index (χ3v) is 9.73. The fraction of sp³-hybridized carbons (Fsp3) is 0.500. The molecule has 0 aromatic heterocycles. The highest BCUT2D eigenvalue weighted by molar-refractivity contribution is 5.86. The third-order valence-electron chi connectivity index (χ3n) is 9.73. The van der Waals surface area contributed by atoms with Crippen molar-refractivity contribution in [3.8, 4) is 0 Å². The molecule has 2 aromatic rings. The molecule has 33 heavy (non-hydrogen) atoms. The van der Waals surface area contributed by atoms with Crippen LogP contribution in [0.15, 0.2) is 48.5 Å². The smallest absolute Gasteiger partial charge is 0.224 e. The monoisotopic (exact) mass is 445 g/mol. The minimum atomic E-state index is -1.40. The summed E-state index contributed by atoms with van der Waals surface area (Å²) in [5, 5.41) is 25.4. The van der Waals surface area contributed by atoms with Crippen molar-refractivity contribution >= 4 is 17.3 Å². The zero-order valence-corrected chi connectivity index (χ0v) is 18.4. The number of fused-ring (bicyclic) bond motifs is 13. The van der Waals surface area contributed by atoms with Gasteiger partial charge in [0.05, 0.1) is 24.6 Å². The van der Waals surface area contributed by atoms with Gasteiger partial charge in [-0.2, -0.15) is 0 Å². The Bertz CT molecular complexity index is 1220. The van der Waals surface area contributed by atoms with E-state index in [1.807, 2.05) is 19.1 Å². The molecule has 5 heterocycles. The number of para-hydroxylation sites is 2. The van der Waals surface area contributed by atoms with Gasteiger partial charge in [-0.25, -0.2) is 0 Å². The van der Waals surface area contributed by atoms with Gasteiger partial charge in [0.1, 0.15) is 11.8 Å². The summed E-state index contributed by atoms with van der Waals surface area (Å²) in [6.07, 6.45) is -0.0591. The summed E-state index contributed by atoms with van der Waals surface area (Å²) in [5.41, 5.74) is 2.10. The van der Waals surface area contributed by atoms with Crippen molar-refractivity contribution in [3.63, 3.8) is 0 Å². The maximum absolute atomic E-state index is 13.3. The lowest BCUT2D eigenvalue weighted by molar-refractivity contribution is -0.139. The number of rotatable bonds is 1. The van der Waals surface area contributed by atoms with Crippen LogP contribution in [-0.4, -0.2) is 58.9 Å². The van der Waals surface area contributed by atoms with E-state index < -0.39 is 11.3 Å². The molecule has 170 valence electrons. The SMILES string of the molecule is CC12OC(CC1(O)CO)N1c3ccccc3C3C4C(=O)NCC4C4c5ccccc5N2C4C31. The van der Waals surface area contributed by atoms with Crippen LogP contribution >= 0.6 is 0 Å². The molecule has 0 spiro atoms. The number of anilines is 2. The predicted molar refractivity (Wildman–Crippen MR) is 121 cm³/mol. The molecule has 4 fully saturated rings. The minimum Gasteiger partial charge on any atom is -0.393 e. The van der Waals surface area contributed by atoms with Gasteiger partial charge >= 0.3 is 0 Å². The molecule has 0 radical (unpaired) electrons. The Morgan fingerprint density at radius 3 is 2.48 bits per heavy atom. The lowest BCUT2D eigenvalue weighted by atomic mass is 9.61. The highest BCUT2D eigenvalue weighted by Gasteiger charge is 2.73. The molecular weight excluding hydrogens is 418 g/mol. The van der Waals surface area contributed by atoms with Crippen LogP contribution in [0.25, 0.3) is 0 Å². The summed E-state index contributed by atoms with van der Waals surface area (Å²) in [7, 11) is 0. The van der Waals surface area contributed by atoms with Crippen LogP contribution in [0, 0.1) is 11.8 Å². The highest BCUT2D eigenvalue weighted by Crippen LogP contribution is 2.67. The largest absolute Gasteiger partial charge is 0.393 e. The van der Waals surface area contributed by atoms with Gasteiger partial charge in [-0.3, -0.25) is 4.79 Å². The number of ether oxygens (including phenoxy) is 1. The molecule has 1 saturated carbocycles. The summed E-state index contributed by atoms with van der Waals surface area (Å²) in [4.78, 5) is 17.9. The molecule has 2 aromatic carbocycles. The number of hydrogen-bond acceptors (Lipinski definition) is 6. The van der Waals surface area contributed by atoms with Crippen molar-refractivity contribution < 1.29 is 19.7 Å². The zero-order valence-electron chi connectivity index (χ0n) is 18.4. The number of hydrogen-bond donors (Lipinski definition) is 3. The van der Waals surface area contributed by atoms with Gasteiger partial charge in [-0.1, -0.05) is 36.4 Å². The molecule has 3 N–H and O–H groups in total.